The van der Waals surface area contributed by atoms with E-state index in [-0.39, 0.29) is 11.9 Å². The van der Waals surface area contributed by atoms with Crippen LogP contribution >= 0.6 is 0 Å². The summed E-state index contributed by atoms with van der Waals surface area (Å²) in [7, 11) is -3.02. The molecule has 84 valence electrons. The van der Waals surface area contributed by atoms with E-state index in [1.807, 2.05) is 13.8 Å². The number of rotatable bonds is 4. The van der Waals surface area contributed by atoms with Gasteiger partial charge in [0.2, 0.25) is 10.0 Å². The van der Waals surface area contributed by atoms with Crippen LogP contribution < -0.4 is 0 Å². The van der Waals surface area contributed by atoms with Gasteiger partial charge in [-0.3, -0.25) is 0 Å². The molecule has 5 heteroatoms. The monoisotopic (exact) mass is 221 g/mol. The minimum atomic E-state index is -3.02. The van der Waals surface area contributed by atoms with Crippen molar-refractivity contribution in [2.75, 3.05) is 25.4 Å². The fourth-order valence-electron chi connectivity index (χ4n) is 1.58. The molecule has 0 aromatic carbocycles. The van der Waals surface area contributed by atoms with Crippen molar-refractivity contribution < 1.29 is 13.2 Å². The molecule has 14 heavy (non-hydrogen) atoms. The van der Waals surface area contributed by atoms with Gasteiger partial charge in [-0.25, -0.2) is 8.42 Å². The maximum absolute atomic E-state index is 11.7. The van der Waals surface area contributed by atoms with E-state index in [2.05, 4.69) is 0 Å². The molecule has 0 saturated carbocycles. The maximum Gasteiger partial charge on any atom is 0.214 e. The van der Waals surface area contributed by atoms with Crippen LogP contribution in [0.25, 0.3) is 0 Å². The molecule has 0 spiro atoms. The topological polar surface area (TPSA) is 46.6 Å². The van der Waals surface area contributed by atoms with Crippen molar-refractivity contribution >= 4 is 10.0 Å². The van der Waals surface area contributed by atoms with Crippen molar-refractivity contribution in [1.82, 2.24) is 4.31 Å². The average molecular weight is 221 g/mol. The zero-order valence-corrected chi connectivity index (χ0v) is 9.72. The molecule has 1 unspecified atom stereocenters. The molecule has 0 N–H and O–H groups in total. The van der Waals surface area contributed by atoms with Gasteiger partial charge in [0.05, 0.1) is 18.5 Å². The second kappa shape index (κ2) is 5.09. The average Bonchev–Trinajstić information content (AvgIpc) is 2.18. The van der Waals surface area contributed by atoms with E-state index in [0.717, 1.165) is 6.42 Å². The molecule has 1 rings (SSSR count). The Morgan fingerprint density at radius 2 is 2.14 bits per heavy atom. The predicted octanol–water partition coefficient (Wildman–Crippen LogP) is 0.837. The molecule has 1 fully saturated rings. The number of ether oxygens (including phenoxy) is 1. The molecule has 0 aromatic rings. The van der Waals surface area contributed by atoms with Crippen molar-refractivity contribution in [2.24, 2.45) is 0 Å². The minimum Gasteiger partial charge on any atom is -0.375 e. The SMILES string of the molecule is CCCS(=O)(=O)N1CCOC(CC)C1. The van der Waals surface area contributed by atoms with Gasteiger partial charge in [-0.05, 0) is 12.8 Å². The molecule has 1 atom stereocenters. The standard InChI is InChI=1S/C9H19NO3S/c1-3-7-14(11,12)10-5-6-13-9(4-2)8-10/h9H,3-8H2,1-2H3. The first-order valence-electron chi connectivity index (χ1n) is 5.19. The summed E-state index contributed by atoms with van der Waals surface area (Å²) in [6.07, 6.45) is 1.63. The minimum absolute atomic E-state index is 0.0791. The molecule has 1 aliphatic heterocycles. The van der Waals surface area contributed by atoms with E-state index in [4.69, 9.17) is 4.74 Å². The Bertz CT molecular complexity index is 263. The van der Waals surface area contributed by atoms with E-state index in [9.17, 15) is 8.42 Å². The van der Waals surface area contributed by atoms with Crippen molar-refractivity contribution in [2.45, 2.75) is 32.8 Å². The lowest BCUT2D eigenvalue weighted by Gasteiger charge is -2.31. The van der Waals surface area contributed by atoms with Crippen LogP contribution in [0, 0.1) is 0 Å². The summed E-state index contributed by atoms with van der Waals surface area (Å²) in [6.45, 7) is 5.47. The van der Waals surface area contributed by atoms with Gasteiger partial charge >= 0.3 is 0 Å². The second-order valence-corrected chi connectivity index (χ2v) is 5.66. The zero-order valence-electron chi connectivity index (χ0n) is 8.90. The van der Waals surface area contributed by atoms with Crippen molar-refractivity contribution in [3.8, 4) is 0 Å². The van der Waals surface area contributed by atoms with Crippen molar-refractivity contribution in [3.05, 3.63) is 0 Å². The smallest absolute Gasteiger partial charge is 0.214 e. The molecular weight excluding hydrogens is 202 g/mol. The number of hydrogen-bond acceptors (Lipinski definition) is 3. The molecule has 0 bridgehead atoms. The summed E-state index contributed by atoms with van der Waals surface area (Å²) in [6, 6.07) is 0. The van der Waals surface area contributed by atoms with Crippen LogP contribution in [0.15, 0.2) is 0 Å². The lowest BCUT2D eigenvalue weighted by Crippen LogP contribution is -2.46. The van der Waals surface area contributed by atoms with Gasteiger partial charge in [0.1, 0.15) is 0 Å². The molecule has 4 nitrogen and oxygen atoms in total. The van der Waals surface area contributed by atoms with E-state index in [0.29, 0.717) is 26.1 Å². The van der Waals surface area contributed by atoms with Gasteiger partial charge in [0.15, 0.2) is 0 Å². The largest absolute Gasteiger partial charge is 0.375 e. The Balaban J connectivity index is 2.59. The Morgan fingerprint density at radius 3 is 2.71 bits per heavy atom. The number of morpholine rings is 1. The van der Waals surface area contributed by atoms with Gasteiger partial charge in [0, 0.05) is 13.1 Å². The maximum atomic E-state index is 11.7. The fraction of sp³-hybridized carbons (Fsp3) is 1.00. The first-order chi connectivity index (χ1) is 6.60. The molecule has 1 aliphatic rings. The highest BCUT2D eigenvalue weighted by Crippen LogP contribution is 2.13. The van der Waals surface area contributed by atoms with Gasteiger partial charge < -0.3 is 4.74 Å². The number of nitrogens with zero attached hydrogens (tertiary/aromatic N) is 1. The highest BCUT2D eigenvalue weighted by Gasteiger charge is 2.27. The van der Waals surface area contributed by atoms with Gasteiger partial charge in [-0.2, -0.15) is 4.31 Å². The third-order valence-electron chi connectivity index (χ3n) is 2.41. The van der Waals surface area contributed by atoms with Crippen LogP contribution in [0.5, 0.6) is 0 Å². The highest BCUT2D eigenvalue weighted by atomic mass is 32.2. The quantitative estimate of drug-likeness (QED) is 0.706. The van der Waals surface area contributed by atoms with Crippen LogP contribution in [0.3, 0.4) is 0 Å². The molecule has 0 amide bonds. The van der Waals surface area contributed by atoms with Crippen LogP contribution in [-0.4, -0.2) is 44.3 Å². The van der Waals surface area contributed by atoms with Gasteiger partial charge in [-0.1, -0.05) is 13.8 Å². The van der Waals surface area contributed by atoms with Crippen LogP contribution in [0.1, 0.15) is 26.7 Å². The summed E-state index contributed by atoms with van der Waals surface area (Å²) in [5.74, 6) is 0.253. The Morgan fingerprint density at radius 1 is 1.43 bits per heavy atom. The van der Waals surface area contributed by atoms with E-state index in [1.54, 1.807) is 4.31 Å². The first kappa shape index (κ1) is 11.9. The van der Waals surface area contributed by atoms with E-state index >= 15 is 0 Å². The summed E-state index contributed by atoms with van der Waals surface area (Å²) >= 11 is 0. The van der Waals surface area contributed by atoms with E-state index in [1.165, 1.54) is 0 Å². The molecule has 0 aromatic heterocycles. The predicted molar refractivity (Wildman–Crippen MR) is 55.7 cm³/mol. The summed E-state index contributed by atoms with van der Waals surface area (Å²) < 4.78 is 30.4. The number of sulfonamides is 1. The Labute approximate surface area is 86.3 Å². The molecule has 0 radical (unpaired) electrons. The second-order valence-electron chi connectivity index (χ2n) is 3.58. The van der Waals surface area contributed by atoms with Crippen LogP contribution in [0.4, 0.5) is 0 Å². The van der Waals surface area contributed by atoms with Crippen LogP contribution in [0.2, 0.25) is 0 Å². The Hall–Kier alpha value is -0.130. The molecule has 0 aliphatic carbocycles. The van der Waals surface area contributed by atoms with E-state index < -0.39 is 10.0 Å². The normalized spacial score (nSPS) is 25.1. The van der Waals surface area contributed by atoms with Crippen LogP contribution in [-0.2, 0) is 14.8 Å². The van der Waals surface area contributed by atoms with Gasteiger partial charge in [0.25, 0.3) is 0 Å². The molecule has 1 saturated heterocycles. The van der Waals surface area contributed by atoms with Crippen molar-refractivity contribution in [3.63, 3.8) is 0 Å². The first-order valence-corrected chi connectivity index (χ1v) is 6.80. The molecular formula is C9H19NO3S. The lowest BCUT2D eigenvalue weighted by atomic mass is 10.2. The summed E-state index contributed by atoms with van der Waals surface area (Å²) in [4.78, 5) is 0. The lowest BCUT2D eigenvalue weighted by molar-refractivity contribution is -0.00276. The summed E-state index contributed by atoms with van der Waals surface area (Å²) in [5, 5.41) is 0. The zero-order chi connectivity index (χ0) is 10.6. The van der Waals surface area contributed by atoms with Crippen molar-refractivity contribution in [1.29, 1.82) is 0 Å². The third kappa shape index (κ3) is 2.93. The third-order valence-corrected chi connectivity index (χ3v) is 4.45. The summed E-state index contributed by atoms with van der Waals surface area (Å²) in [5.41, 5.74) is 0. The Kier molecular flexibility index (Phi) is 4.34. The fourth-order valence-corrected chi connectivity index (χ4v) is 3.10. The molecule has 1 heterocycles. The number of hydrogen-bond donors (Lipinski definition) is 0. The highest BCUT2D eigenvalue weighted by molar-refractivity contribution is 7.89. The van der Waals surface area contributed by atoms with Gasteiger partial charge in [-0.15, -0.1) is 0 Å².